The predicted molar refractivity (Wildman–Crippen MR) is 100.0 cm³/mol. The fourth-order valence-electron chi connectivity index (χ4n) is 2.41. The van der Waals surface area contributed by atoms with E-state index in [4.69, 9.17) is 11.5 Å². The van der Waals surface area contributed by atoms with Crippen molar-refractivity contribution >= 4 is 44.7 Å². The summed E-state index contributed by atoms with van der Waals surface area (Å²) in [6.45, 7) is 5.67. The average Bonchev–Trinajstić information content (AvgIpc) is 3.28. The van der Waals surface area contributed by atoms with Gasteiger partial charge in [-0.3, -0.25) is 4.79 Å². The van der Waals surface area contributed by atoms with E-state index < -0.39 is 5.91 Å². The quantitative estimate of drug-likeness (QED) is 0.700. The van der Waals surface area contributed by atoms with E-state index >= 15 is 0 Å². The van der Waals surface area contributed by atoms with E-state index in [1.807, 2.05) is 25.2 Å². The zero-order valence-electron chi connectivity index (χ0n) is 13.4. The number of amides is 1. The molecule has 7 heteroatoms. The van der Waals surface area contributed by atoms with Gasteiger partial charge >= 0.3 is 0 Å². The Hall–Kier alpha value is -2.67. The lowest BCUT2D eigenvalue weighted by atomic mass is 10.1. The number of nitrogens with one attached hydrogen (secondary N) is 1. The van der Waals surface area contributed by atoms with E-state index in [0.29, 0.717) is 38.5 Å². The van der Waals surface area contributed by atoms with Crippen LogP contribution in [0, 0.1) is 0 Å². The van der Waals surface area contributed by atoms with Gasteiger partial charge < -0.3 is 16.8 Å². The van der Waals surface area contributed by atoms with Crippen molar-refractivity contribution in [2.24, 2.45) is 5.73 Å². The molecule has 5 N–H and O–H groups in total. The first-order valence-corrected chi connectivity index (χ1v) is 8.49. The van der Waals surface area contributed by atoms with Crippen molar-refractivity contribution in [2.45, 2.75) is 25.8 Å². The molecular weight excluding hydrogens is 322 g/mol. The van der Waals surface area contributed by atoms with Crippen molar-refractivity contribution < 1.29 is 4.79 Å². The number of anilines is 2. The van der Waals surface area contributed by atoms with Crippen molar-refractivity contribution in [2.75, 3.05) is 11.1 Å². The van der Waals surface area contributed by atoms with Gasteiger partial charge in [-0.15, -0.1) is 11.3 Å². The first-order chi connectivity index (χ1) is 11.5. The minimum Gasteiger partial charge on any atom is -0.397 e. The van der Waals surface area contributed by atoms with Crippen LogP contribution < -0.4 is 16.8 Å². The molecule has 2 aromatic rings. The minimum atomic E-state index is -0.557. The normalized spacial score (nSPS) is 15.1. The molecule has 0 atom stereocenters. The summed E-state index contributed by atoms with van der Waals surface area (Å²) in [6.07, 6.45) is 9.60. The summed E-state index contributed by atoms with van der Waals surface area (Å²) < 4.78 is 0. The standard InChI is InChI=1S/C17H19N5OS/c1-3-5-9(6-4-2)13-11-12(18)14(15(19)23)24-16(11)22-17(21-13)20-10-7-8-10/h3-6,10H,1,7-8,18H2,2H3,(H2,19,23)(H,20,21,22)/b6-4-,9-5+. The van der Waals surface area contributed by atoms with Crippen LogP contribution in [0.3, 0.4) is 0 Å². The third-order valence-electron chi connectivity index (χ3n) is 3.64. The highest BCUT2D eigenvalue weighted by atomic mass is 32.1. The smallest absolute Gasteiger partial charge is 0.260 e. The van der Waals surface area contributed by atoms with Gasteiger partial charge in [0.2, 0.25) is 5.95 Å². The van der Waals surface area contributed by atoms with Crippen LogP contribution in [0.4, 0.5) is 11.6 Å². The summed E-state index contributed by atoms with van der Waals surface area (Å²) in [6, 6.07) is 0.414. The number of hydrogen-bond donors (Lipinski definition) is 3. The molecule has 0 unspecified atom stereocenters. The van der Waals surface area contributed by atoms with Gasteiger partial charge in [0.05, 0.1) is 16.8 Å². The minimum absolute atomic E-state index is 0.308. The second-order valence-electron chi connectivity index (χ2n) is 5.56. The van der Waals surface area contributed by atoms with Gasteiger partial charge in [0.15, 0.2) is 0 Å². The Labute approximate surface area is 144 Å². The van der Waals surface area contributed by atoms with Crippen LogP contribution in [0.15, 0.2) is 30.9 Å². The number of hydrogen-bond acceptors (Lipinski definition) is 6. The van der Waals surface area contributed by atoms with Crippen LogP contribution in [0.2, 0.25) is 0 Å². The summed E-state index contributed by atoms with van der Waals surface area (Å²) in [5.74, 6) is -0.0184. The third kappa shape index (κ3) is 3.03. The lowest BCUT2D eigenvalue weighted by molar-refractivity contribution is 0.100. The molecule has 124 valence electrons. The summed E-state index contributed by atoms with van der Waals surface area (Å²) in [4.78, 5) is 21.7. The maximum atomic E-state index is 11.6. The third-order valence-corrected chi connectivity index (χ3v) is 4.75. The molecule has 1 aliphatic carbocycles. The Kier molecular flexibility index (Phi) is 4.35. The van der Waals surface area contributed by atoms with Crippen molar-refractivity contribution in [1.82, 2.24) is 9.97 Å². The summed E-state index contributed by atoms with van der Waals surface area (Å²) in [7, 11) is 0. The van der Waals surface area contributed by atoms with E-state index in [9.17, 15) is 4.79 Å². The maximum Gasteiger partial charge on any atom is 0.260 e. The lowest BCUT2D eigenvalue weighted by Crippen LogP contribution is -2.11. The average molecular weight is 341 g/mol. The SMILES string of the molecule is C=C/C=C(\C=C/C)c1nc(NC2CC2)nc2sc(C(N)=O)c(N)c12. The monoisotopic (exact) mass is 341 g/mol. The van der Waals surface area contributed by atoms with Crippen molar-refractivity contribution in [3.63, 3.8) is 0 Å². The molecule has 1 saturated carbocycles. The zero-order valence-corrected chi connectivity index (χ0v) is 14.2. The summed E-state index contributed by atoms with van der Waals surface area (Å²) in [5, 5.41) is 3.95. The Bertz CT molecular complexity index is 877. The van der Waals surface area contributed by atoms with E-state index in [1.165, 1.54) is 11.3 Å². The number of nitrogens with zero attached hydrogens (tertiary/aromatic N) is 2. The van der Waals surface area contributed by atoms with Crippen molar-refractivity contribution in [3.8, 4) is 0 Å². The molecule has 0 aromatic carbocycles. The van der Waals surface area contributed by atoms with E-state index in [0.717, 1.165) is 18.4 Å². The highest BCUT2D eigenvalue weighted by Crippen LogP contribution is 2.38. The molecule has 2 aromatic heterocycles. The number of allylic oxidation sites excluding steroid dienone is 5. The van der Waals surface area contributed by atoms with Gasteiger partial charge in [-0.2, -0.15) is 0 Å². The molecular formula is C17H19N5OS. The number of nitrogens with two attached hydrogens (primary N) is 2. The maximum absolute atomic E-state index is 11.6. The zero-order chi connectivity index (χ0) is 17.3. The van der Waals surface area contributed by atoms with Crippen molar-refractivity contribution in [1.29, 1.82) is 0 Å². The molecule has 0 radical (unpaired) electrons. The van der Waals surface area contributed by atoms with Crippen LogP contribution in [0.25, 0.3) is 15.8 Å². The number of carbonyl (C=O) groups excluding carboxylic acids is 1. The van der Waals surface area contributed by atoms with Crippen molar-refractivity contribution in [3.05, 3.63) is 41.5 Å². The Morgan fingerprint density at radius 3 is 2.75 bits per heavy atom. The molecule has 2 heterocycles. The van der Waals surface area contributed by atoms with Gasteiger partial charge in [-0.25, -0.2) is 9.97 Å². The Balaban J connectivity index is 2.27. The largest absolute Gasteiger partial charge is 0.397 e. The highest BCUT2D eigenvalue weighted by Gasteiger charge is 2.25. The van der Waals surface area contributed by atoms with Gasteiger partial charge in [0, 0.05) is 11.6 Å². The molecule has 1 amide bonds. The van der Waals surface area contributed by atoms with Gasteiger partial charge in [0.1, 0.15) is 9.71 Å². The number of nitrogen functional groups attached to an aromatic ring is 1. The summed E-state index contributed by atoms with van der Waals surface area (Å²) in [5.41, 5.74) is 13.4. The predicted octanol–water partition coefficient (Wildman–Crippen LogP) is 3.09. The molecule has 1 aliphatic rings. The highest BCUT2D eigenvalue weighted by molar-refractivity contribution is 7.21. The van der Waals surface area contributed by atoms with E-state index in [1.54, 1.807) is 6.08 Å². The van der Waals surface area contributed by atoms with Crippen LogP contribution in [0.5, 0.6) is 0 Å². The molecule has 1 fully saturated rings. The molecule has 0 bridgehead atoms. The Morgan fingerprint density at radius 2 is 2.17 bits per heavy atom. The van der Waals surface area contributed by atoms with Gasteiger partial charge in [-0.1, -0.05) is 30.9 Å². The number of carbonyl (C=O) groups is 1. The number of fused-ring (bicyclic) bond motifs is 1. The molecule has 0 aliphatic heterocycles. The first kappa shape index (κ1) is 16.2. The topological polar surface area (TPSA) is 107 Å². The van der Waals surface area contributed by atoms with Gasteiger partial charge in [-0.05, 0) is 19.8 Å². The van der Waals surface area contributed by atoms with Crippen LogP contribution in [-0.4, -0.2) is 21.9 Å². The molecule has 6 nitrogen and oxygen atoms in total. The molecule has 0 spiro atoms. The van der Waals surface area contributed by atoms with E-state index in [-0.39, 0.29) is 0 Å². The van der Waals surface area contributed by atoms with Crippen LogP contribution in [-0.2, 0) is 0 Å². The Morgan fingerprint density at radius 1 is 1.42 bits per heavy atom. The molecule has 24 heavy (non-hydrogen) atoms. The lowest BCUT2D eigenvalue weighted by Gasteiger charge is -2.09. The number of primary amides is 1. The fraction of sp³-hybridized carbons (Fsp3) is 0.235. The summed E-state index contributed by atoms with van der Waals surface area (Å²) >= 11 is 1.19. The fourth-order valence-corrected chi connectivity index (χ4v) is 3.36. The number of rotatable bonds is 6. The number of aromatic nitrogens is 2. The molecule has 3 rings (SSSR count). The first-order valence-electron chi connectivity index (χ1n) is 7.67. The van der Waals surface area contributed by atoms with Crippen LogP contribution >= 0.6 is 11.3 Å². The second-order valence-corrected chi connectivity index (χ2v) is 6.56. The molecule has 0 saturated heterocycles. The van der Waals surface area contributed by atoms with Crippen LogP contribution in [0.1, 0.15) is 35.1 Å². The number of thiophene rings is 1. The second kappa shape index (κ2) is 6.45. The van der Waals surface area contributed by atoms with Gasteiger partial charge in [0.25, 0.3) is 5.91 Å². The van der Waals surface area contributed by atoms with E-state index in [2.05, 4.69) is 21.9 Å².